The number of halogens is 1. The monoisotopic (exact) mass is 341 g/mol. The summed E-state index contributed by atoms with van der Waals surface area (Å²) in [5.41, 5.74) is 0.757. The van der Waals surface area contributed by atoms with Gasteiger partial charge in [-0.15, -0.1) is 0 Å². The van der Waals surface area contributed by atoms with Crippen LogP contribution in [-0.2, 0) is 4.74 Å². The summed E-state index contributed by atoms with van der Waals surface area (Å²) in [7, 11) is 1.70. The van der Waals surface area contributed by atoms with Crippen molar-refractivity contribution in [3.8, 4) is 0 Å². The van der Waals surface area contributed by atoms with Crippen LogP contribution in [0.15, 0.2) is 28.7 Å². The quantitative estimate of drug-likeness (QED) is 0.640. The molecule has 0 unspecified atom stereocenters. The molecule has 0 N–H and O–H groups in total. The molecule has 0 saturated heterocycles. The van der Waals surface area contributed by atoms with Crippen molar-refractivity contribution in [2.75, 3.05) is 26.8 Å². The molecule has 0 aliphatic rings. The number of ether oxygens (including phenoxy) is 1. The predicted octanol–water partition coefficient (Wildman–Crippen LogP) is 3.77. The third kappa shape index (κ3) is 5.35. The smallest absolute Gasteiger partial charge is 0.176 e. The Kier molecular flexibility index (Phi) is 8.04. The topological polar surface area (TPSA) is 29.5 Å². The molecule has 0 heterocycles. The molecule has 0 spiro atoms. The van der Waals surface area contributed by atoms with Gasteiger partial charge >= 0.3 is 0 Å². The van der Waals surface area contributed by atoms with Gasteiger partial charge in [-0.1, -0.05) is 41.9 Å². The van der Waals surface area contributed by atoms with E-state index in [4.69, 9.17) is 4.74 Å². The predicted molar refractivity (Wildman–Crippen MR) is 86.3 cm³/mol. The lowest BCUT2D eigenvalue weighted by molar-refractivity contribution is 0.0811. The fourth-order valence-corrected chi connectivity index (χ4v) is 2.74. The van der Waals surface area contributed by atoms with E-state index in [1.807, 2.05) is 24.3 Å². The second-order valence-electron chi connectivity index (χ2n) is 4.87. The van der Waals surface area contributed by atoms with Gasteiger partial charge in [0.2, 0.25) is 0 Å². The maximum atomic E-state index is 12.4. The molecule has 0 amide bonds. The molecular formula is C16H24BrNO2. The van der Waals surface area contributed by atoms with Gasteiger partial charge in [0.15, 0.2) is 5.78 Å². The number of carbonyl (C=O) groups is 1. The highest BCUT2D eigenvalue weighted by Crippen LogP contribution is 2.14. The molecule has 1 aromatic rings. The zero-order valence-corrected chi connectivity index (χ0v) is 14.1. The molecule has 0 radical (unpaired) electrons. The van der Waals surface area contributed by atoms with Crippen LogP contribution in [-0.4, -0.2) is 43.5 Å². The number of ketones is 1. The SMILES string of the molecule is CCC(CC)N(CCOC)CC(=O)c1cccc(Br)c1. The number of hydrogen-bond acceptors (Lipinski definition) is 3. The Labute approximate surface area is 130 Å². The Morgan fingerprint density at radius 1 is 1.35 bits per heavy atom. The Balaban J connectivity index is 2.75. The first-order chi connectivity index (χ1) is 9.62. The number of rotatable bonds is 9. The minimum absolute atomic E-state index is 0.161. The van der Waals surface area contributed by atoms with Gasteiger partial charge in [-0.25, -0.2) is 0 Å². The standard InChI is InChI=1S/C16H24BrNO2/c1-4-15(5-2)18(9-10-20-3)12-16(19)13-7-6-8-14(17)11-13/h6-8,11,15H,4-5,9-10,12H2,1-3H3. The van der Waals surface area contributed by atoms with Crippen LogP contribution >= 0.6 is 15.9 Å². The molecule has 0 aromatic heterocycles. The summed E-state index contributed by atoms with van der Waals surface area (Å²) in [5, 5.41) is 0. The molecular weight excluding hydrogens is 318 g/mol. The molecule has 0 saturated carbocycles. The van der Waals surface area contributed by atoms with Crippen molar-refractivity contribution in [3.05, 3.63) is 34.3 Å². The van der Waals surface area contributed by atoms with Gasteiger partial charge < -0.3 is 4.74 Å². The number of benzene rings is 1. The maximum absolute atomic E-state index is 12.4. The lowest BCUT2D eigenvalue weighted by atomic mass is 10.1. The molecule has 20 heavy (non-hydrogen) atoms. The minimum atomic E-state index is 0.161. The Bertz CT molecular complexity index is 419. The van der Waals surface area contributed by atoms with Gasteiger partial charge in [-0.05, 0) is 25.0 Å². The van der Waals surface area contributed by atoms with E-state index in [-0.39, 0.29) is 5.78 Å². The van der Waals surface area contributed by atoms with Crippen molar-refractivity contribution in [2.45, 2.75) is 32.7 Å². The van der Waals surface area contributed by atoms with Gasteiger partial charge in [-0.3, -0.25) is 9.69 Å². The van der Waals surface area contributed by atoms with Gasteiger partial charge in [0.1, 0.15) is 0 Å². The second-order valence-corrected chi connectivity index (χ2v) is 5.78. The maximum Gasteiger partial charge on any atom is 0.176 e. The van der Waals surface area contributed by atoms with E-state index in [0.29, 0.717) is 19.2 Å². The lowest BCUT2D eigenvalue weighted by Crippen LogP contribution is -2.40. The summed E-state index contributed by atoms with van der Waals surface area (Å²) >= 11 is 3.41. The zero-order valence-electron chi connectivity index (χ0n) is 12.6. The highest BCUT2D eigenvalue weighted by Gasteiger charge is 2.18. The number of Topliss-reactive ketones (excluding diaryl/α,β-unsaturated/α-hetero) is 1. The van der Waals surface area contributed by atoms with E-state index in [9.17, 15) is 4.79 Å². The molecule has 0 aliphatic heterocycles. The van der Waals surface area contributed by atoms with Crippen molar-refractivity contribution in [1.82, 2.24) is 4.90 Å². The van der Waals surface area contributed by atoms with Crippen LogP contribution in [0, 0.1) is 0 Å². The third-order valence-electron chi connectivity index (χ3n) is 3.53. The van der Waals surface area contributed by atoms with Crippen LogP contribution in [0.2, 0.25) is 0 Å². The van der Waals surface area contributed by atoms with Crippen LogP contribution in [0.1, 0.15) is 37.0 Å². The van der Waals surface area contributed by atoms with E-state index in [2.05, 4.69) is 34.7 Å². The number of hydrogen-bond donors (Lipinski definition) is 0. The van der Waals surface area contributed by atoms with Gasteiger partial charge in [0.25, 0.3) is 0 Å². The molecule has 1 aromatic carbocycles. The zero-order chi connectivity index (χ0) is 15.0. The van der Waals surface area contributed by atoms with Crippen molar-refractivity contribution in [2.24, 2.45) is 0 Å². The molecule has 3 nitrogen and oxygen atoms in total. The Morgan fingerprint density at radius 2 is 2.05 bits per heavy atom. The van der Waals surface area contributed by atoms with Crippen molar-refractivity contribution < 1.29 is 9.53 Å². The van der Waals surface area contributed by atoms with E-state index in [1.54, 1.807) is 7.11 Å². The highest BCUT2D eigenvalue weighted by atomic mass is 79.9. The summed E-state index contributed by atoms with van der Waals surface area (Å²) in [5.74, 6) is 0.161. The molecule has 0 atom stereocenters. The molecule has 0 bridgehead atoms. The van der Waals surface area contributed by atoms with Crippen LogP contribution < -0.4 is 0 Å². The molecule has 1 rings (SSSR count). The second kappa shape index (κ2) is 9.27. The van der Waals surface area contributed by atoms with Crippen molar-refractivity contribution >= 4 is 21.7 Å². The molecule has 4 heteroatoms. The summed E-state index contributed by atoms with van der Waals surface area (Å²) in [6.07, 6.45) is 2.10. The van der Waals surface area contributed by atoms with Crippen LogP contribution in [0.5, 0.6) is 0 Å². The van der Waals surface area contributed by atoms with Gasteiger partial charge in [-0.2, -0.15) is 0 Å². The first-order valence-electron chi connectivity index (χ1n) is 7.14. The molecule has 112 valence electrons. The first-order valence-corrected chi connectivity index (χ1v) is 7.93. The fraction of sp³-hybridized carbons (Fsp3) is 0.562. The van der Waals surface area contributed by atoms with Crippen LogP contribution in [0.4, 0.5) is 0 Å². The van der Waals surface area contributed by atoms with Crippen LogP contribution in [0.25, 0.3) is 0 Å². The summed E-state index contributed by atoms with van der Waals surface area (Å²) in [6, 6.07) is 8.01. The summed E-state index contributed by atoms with van der Waals surface area (Å²) in [4.78, 5) is 14.6. The van der Waals surface area contributed by atoms with Crippen LogP contribution in [0.3, 0.4) is 0 Å². The van der Waals surface area contributed by atoms with E-state index in [0.717, 1.165) is 29.4 Å². The average Bonchev–Trinajstić information content (AvgIpc) is 2.45. The number of nitrogens with zero attached hydrogens (tertiary/aromatic N) is 1. The Morgan fingerprint density at radius 3 is 2.60 bits per heavy atom. The first kappa shape index (κ1) is 17.3. The average molecular weight is 342 g/mol. The lowest BCUT2D eigenvalue weighted by Gasteiger charge is -2.29. The number of carbonyl (C=O) groups excluding carboxylic acids is 1. The van der Waals surface area contributed by atoms with E-state index < -0.39 is 0 Å². The third-order valence-corrected chi connectivity index (χ3v) is 4.03. The van der Waals surface area contributed by atoms with Gasteiger partial charge in [0, 0.05) is 29.7 Å². The highest BCUT2D eigenvalue weighted by molar-refractivity contribution is 9.10. The summed E-state index contributed by atoms with van der Waals surface area (Å²) in [6.45, 7) is 6.23. The fourth-order valence-electron chi connectivity index (χ4n) is 2.34. The summed E-state index contributed by atoms with van der Waals surface area (Å²) < 4.78 is 6.10. The largest absolute Gasteiger partial charge is 0.383 e. The van der Waals surface area contributed by atoms with Crippen molar-refractivity contribution in [1.29, 1.82) is 0 Å². The number of methoxy groups -OCH3 is 1. The molecule has 0 aliphatic carbocycles. The minimum Gasteiger partial charge on any atom is -0.383 e. The van der Waals surface area contributed by atoms with Gasteiger partial charge in [0.05, 0.1) is 13.2 Å². The van der Waals surface area contributed by atoms with E-state index in [1.165, 1.54) is 0 Å². The molecule has 0 fully saturated rings. The normalized spacial score (nSPS) is 11.3. The Hall–Kier alpha value is -0.710. The van der Waals surface area contributed by atoms with Crippen molar-refractivity contribution in [3.63, 3.8) is 0 Å². The van der Waals surface area contributed by atoms with E-state index >= 15 is 0 Å².